The van der Waals surface area contributed by atoms with Crippen LogP contribution in [0.4, 0.5) is 0 Å². The van der Waals surface area contributed by atoms with Crippen LogP contribution >= 0.6 is 22.6 Å². The van der Waals surface area contributed by atoms with Crippen molar-refractivity contribution in [2.75, 3.05) is 6.61 Å². The van der Waals surface area contributed by atoms with Gasteiger partial charge in [0.25, 0.3) is 0 Å². The molecule has 0 aliphatic carbocycles. The summed E-state index contributed by atoms with van der Waals surface area (Å²) in [6.45, 7) is 2.58. The van der Waals surface area contributed by atoms with Crippen LogP contribution in [0.25, 0.3) is 0 Å². The van der Waals surface area contributed by atoms with Gasteiger partial charge in [-0.15, -0.1) is 0 Å². The van der Waals surface area contributed by atoms with Crippen molar-refractivity contribution in [3.63, 3.8) is 0 Å². The Morgan fingerprint density at radius 3 is 2.44 bits per heavy atom. The molecule has 1 nitrogen and oxygen atoms in total. The SMILES string of the molecule is C[C@@H](I)CCCCCO. The first-order valence-corrected chi connectivity index (χ1v) is 4.77. The third kappa shape index (κ3) is 8.69. The van der Waals surface area contributed by atoms with E-state index in [4.69, 9.17) is 5.11 Å². The first-order chi connectivity index (χ1) is 4.27. The minimum atomic E-state index is 0.357. The monoisotopic (exact) mass is 242 g/mol. The number of aliphatic hydroxyl groups excluding tert-OH is 1. The van der Waals surface area contributed by atoms with Gasteiger partial charge in [0, 0.05) is 10.5 Å². The van der Waals surface area contributed by atoms with Crippen molar-refractivity contribution in [1.29, 1.82) is 0 Å². The lowest BCUT2D eigenvalue weighted by Crippen LogP contribution is -1.90. The van der Waals surface area contributed by atoms with E-state index in [2.05, 4.69) is 29.5 Å². The molecule has 1 N–H and O–H groups in total. The molecule has 1 atom stereocenters. The Morgan fingerprint density at radius 1 is 1.33 bits per heavy atom. The number of alkyl halides is 1. The number of hydrogen-bond donors (Lipinski definition) is 1. The van der Waals surface area contributed by atoms with Crippen LogP contribution in [0.1, 0.15) is 32.6 Å². The van der Waals surface area contributed by atoms with E-state index in [-0.39, 0.29) is 0 Å². The van der Waals surface area contributed by atoms with Gasteiger partial charge in [-0.2, -0.15) is 0 Å². The van der Waals surface area contributed by atoms with E-state index < -0.39 is 0 Å². The lowest BCUT2D eigenvalue weighted by atomic mass is 10.2. The van der Waals surface area contributed by atoms with Gasteiger partial charge in [0.15, 0.2) is 0 Å². The molecule has 0 amide bonds. The fourth-order valence-corrected chi connectivity index (χ4v) is 1.15. The second kappa shape index (κ2) is 6.81. The van der Waals surface area contributed by atoms with Gasteiger partial charge in [-0.05, 0) is 12.8 Å². The minimum Gasteiger partial charge on any atom is -0.396 e. The summed E-state index contributed by atoms with van der Waals surface area (Å²) in [5.41, 5.74) is 0. The molecule has 9 heavy (non-hydrogen) atoms. The van der Waals surface area contributed by atoms with Crippen molar-refractivity contribution in [3.05, 3.63) is 0 Å². The highest BCUT2D eigenvalue weighted by atomic mass is 127. The summed E-state index contributed by atoms with van der Waals surface area (Å²) in [4.78, 5) is 0. The Kier molecular flexibility index (Phi) is 7.33. The molecule has 56 valence electrons. The van der Waals surface area contributed by atoms with Crippen LogP contribution < -0.4 is 0 Å². The Hall–Kier alpha value is 0.690. The molecule has 0 rings (SSSR count). The molecule has 0 saturated heterocycles. The van der Waals surface area contributed by atoms with E-state index in [1.54, 1.807) is 0 Å². The summed E-state index contributed by atoms with van der Waals surface area (Å²) >= 11 is 2.43. The first kappa shape index (κ1) is 9.69. The largest absolute Gasteiger partial charge is 0.396 e. The normalized spacial score (nSPS) is 13.7. The smallest absolute Gasteiger partial charge is 0.0431 e. The third-order valence-electron chi connectivity index (χ3n) is 1.26. The quantitative estimate of drug-likeness (QED) is 0.445. The number of halogens is 1. The van der Waals surface area contributed by atoms with E-state index in [0.717, 1.165) is 10.3 Å². The van der Waals surface area contributed by atoms with Gasteiger partial charge in [-0.25, -0.2) is 0 Å². The van der Waals surface area contributed by atoms with Gasteiger partial charge < -0.3 is 5.11 Å². The van der Waals surface area contributed by atoms with Gasteiger partial charge >= 0.3 is 0 Å². The Bertz CT molecular complexity index is 54.9. The number of hydrogen-bond acceptors (Lipinski definition) is 1. The molecule has 0 unspecified atom stereocenters. The molecule has 0 radical (unpaired) electrons. The van der Waals surface area contributed by atoms with E-state index in [1.165, 1.54) is 19.3 Å². The summed E-state index contributed by atoms with van der Waals surface area (Å²) in [7, 11) is 0. The molecule has 0 fully saturated rings. The molecule has 0 bridgehead atoms. The third-order valence-corrected chi connectivity index (χ3v) is 1.88. The summed E-state index contributed by atoms with van der Waals surface area (Å²) in [6, 6.07) is 0. The second-order valence-electron chi connectivity index (χ2n) is 2.35. The highest BCUT2D eigenvalue weighted by Crippen LogP contribution is 2.09. The molecule has 2 heteroatoms. The Labute approximate surface area is 71.0 Å². The molecule has 0 aliphatic heterocycles. The molecular formula is C7H15IO. The minimum absolute atomic E-state index is 0.357. The summed E-state index contributed by atoms with van der Waals surface area (Å²) < 4.78 is 0.793. The maximum absolute atomic E-state index is 8.43. The van der Waals surface area contributed by atoms with Gasteiger partial charge in [-0.1, -0.05) is 42.4 Å². The molecule has 0 aromatic heterocycles. The van der Waals surface area contributed by atoms with Crippen LogP contribution in [0.2, 0.25) is 0 Å². The van der Waals surface area contributed by atoms with Gasteiger partial charge in [-0.3, -0.25) is 0 Å². The topological polar surface area (TPSA) is 20.2 Å². The zero-order valence-electron chi connectivity index (χ0n) is 5.94. The standard InChI is InChI=1S/C7H15IO/c1-7(8)5-3-2-4-6-9/h7,9H,2-6H2,1H3/t7-/m1/s1. The van der Waals surface area contributed by atoms with E-state index in [9.17, 15) is 0 Å². The maximum Gasteiger partial charge on any atom is 0.0431 e. The van der Waals surface area contributed by atoms with Gasteiger partial charge in [0.2, 0.25) is 0 Å². The molecule has 0 aromatic rings. The fraction of sp³-hybridized carbons (Fsp3) is 1.00. The summed E-state index contributed by atoms with van der Waals surface area (Å²) in [6.07, 6.45) is 4.72. The molecule has 0 aromatic carbocycles. The van der Waals surface area contributed by atoms with Crippen LogP contribution in [-0.4, -0.2) is 15.6 Å². The van der Waals surface area contributed by atoms with Crippen molar-refractivity contribution in [2.45, 2.75) is 36.5 Å². The second-order valence-corrected chi connectivity index (χ2v) is 4.48. The lowest BCUT2D eigenvalue weighted by Gasteiger charge is -2.00. The van der Waals surface area contributed by atoms with E-state index in [1.807, 2.05) is 0 Å². The first-order valence-electron chi connectivity index (χ1n) is 3.52. The van der Waals surface area contributed by atoms with Crippen LogP contribution in [0.15, 0.2) is 0 Å². The van der Waals surface area contributed by atoms with Crippen molar-refractivity contribution in [2.24, 2.45) is 0 Å². The van der Waals surface area contributed by atoms with Crippen LogP contribution in [0.3, 0.4) is 0 Å². The highest BCUT2D eigenvalue weighted by Gasteiger charge is 1.93. The average Bonchev–Trinajstić information content (AvgIpc) is 1.80. The zero-order chi connectivity index (χ0) is 7.11. The predicted octanol–water partition coefficient (Wildman–Crippen LogP) is 2.36. The fourth-order valence-electron chi connectivity index (χ4n) is 0.714. The maximum atomic E-state index is 8.43. The molecule has 0 saturated carbocycles. The number of aliphatic hydroxyl groups is 1. The highest BCUT2D eigenvalue weighted by molar-refractivity contribution is 14.1. The molecular weight excluding hydrogens is 227 g/mol. The van der Waals surface area contributed by atoms with E-state index >= 15 is 0 Å². The van der Waals surface area contributed by atoms with Crippen molar-refractivity contribution < 1.29 is 5.11 Å². The molecule has 0 aliphatic rings. The van der Waals surface area contributed by atoms with Crippen LogP contribution in [0.5, 0.6) is 0 Å². The average molecular weight is 242 g/mol. The van der Waals surface area contributed by atoms with Gasteiger partial charge in [0.1, 0.15) is 0 Å². The van der Waals surface area contributed by atoms with Crippen LogP contribution in [0, 0.1) is 0 Å². The number of unbranched alkanes of at least 4 members (excludes halogenated alkanes) is 2. The number of rotatable bonds is 5. The zero-order valence-corrected chi connectivity index (χ0v) is 8.10. The summed E-state index contributed by atoms with van der Waals surface area (Å²) in [5, 5.41) is 8.43. The summed E-state index contributed by atoms with van der Waals surface area (Å²) in [5.74, 6) is 0. The van der Waals surface area contributed by atoms with Crippen molar-refractivity contribution in [3.8, 4) is 0 Å². The van der Waals surface area contributed by atoms with Crippen molar-refractivity contribution in [1.82, 2.24) is 0 Å². The van der Waals surface area contributed by atoms with Gasteiger partial charge in [0.05, 0.1) is 0 Å². The van der Waals surface area contributed by atoms with Crippen molar-refractivity contribution >= 4 is 22.6 Å². The van der Waals surface area contributed by atoms with Crippen LogP contribution in [-0.2, 0) is 0 Å². The molecule has 0 spiro atoms. The lowest BCUT2D eigenvalue weighted by molar-refractivity contribution is 0.282. The Balaban J connectivity index is 2.75. The van der Waals surface area contributed by atoms with E-state index in [0.29, 0.717) is 6.61 Å². The molecule has 0 heterocycles. The Morgan fingerprint density at radius 2 is 2.00 bits per heavy atom. The predicted molar refractivity (Wildman–Crippen MR) is 49.0 cm³/mol.